The minimum atomic E-state index is -0.448. The normalized spacial score (nSPS) is 11.1. The van der Waals surface area contributed by atoms with E-state index in [-0.39, 0.29) is 11.6 Å². The molecule has 0 amide bonds. The van der Waals surface area contributed by atoms with E-state index in [4.69, 9.17) is 11.7 Å². The molecule has 1 rings (SSSR count). The van der Waals surface area contributed by atoms with Crippen LogP contribution >= 0.6 is 0 Å². The number of nitrogens with zero attached hydrogens (tertiary/aromatic N) is 1. The van der Waals surface area contributed by atoms with Crippen LogP contribution in [0.2, 0.25) is 0 Å². The van der Waals surface area contributed by atoms with Gasteiger partial charge in [0.15, 0.2) is 0 Å². The van der Waals surface area contributed by atoms with Crippen LogP contribution in [0.25, 0.3) is 0 Å². The van der Waals surface area contributed by atoms with Crippen LogP contribution in [-0.4, -0.2) is 6.04 Å². The Hall–Kier alpha value is -2.00. The fraction of sp³-hybridized carbons (Fsp3) is 0.182. The van der Waals surface area contributed by atoms with E-state index in [1.165, 1.54) is 12.1 Å². The third-order valence-corrected chi connectivity index (χ3v) is 1.66. The molecule has 0 spiro atoms. The van der Waals surface area contributed by atoms with Gasteiger partial charge in [-0.15, -0.1) is 6.42 Å². The molecule has 0 radical (unpaired) electrons. The van der Waals surface area contributed by atoms with Crippen LogP contribution in [0.15, 0.2) is 18.2 Å². The molecule has 1 atom stereocenters. The maximum absolute atomic E-state index is 12.9. The molecule has 0 bridgehead atoms. The lowest BCUT2D eigenvalue weighted by atomic mass is 10.2. The number of nitriles is 1. The van der Waals surface area contributed by atoms with E-state index in [0.717, 1.165) is 0 Å². The first kappa shape index (κ1) is 10.1. The SMILES string of the molecule is C#CC(C)Nc1cc(F)cc(C#N)c1. The van der Waals surface area contributed by atoms with Gasteiger partial charge < -0.3 is 5.32 Å². The predicted octanol–water partition coefficient (Wildman–Crippen LogP) is 2.13. The number of terminal acetylenes is 1. The standard InChI is InChI=1S/C11H9FN2/c1-3-8(2)14-11-5-9(7-13)4-10(12)6-11/h1,4-6,8,14H,2H3. The number of rotatable bonds is 2. The van der Waals surface area contributed by atoms with Crippen LogP contribution < -0.4 is 5.32 Å². The van der Waals surface area contributed by atoms with E-state index in [0.29, 0.717) is 5.69 Å². The van der Waals surface area contributed by atoms with Gasteiger partial charge in [-0.1, -0.05) is 5.92 Å². The molecule has 0 saturated carbocycles. The topological polar surface area (TPSA) is 35.8 Å². The monoisotopic (exact) mass is 188 g/mol. The zero-order valence-electron chi connectivity index (χ0n) is 7.71. The Labute approximate surface area is 82.4 Å². The molecule has 0 fully saturated rings. The van der Waals surface area contributed by atoms with Crippen molar-refractivity contribution in [3.05, 3.63) is 29.6 Å². The molecule has 3 heteroatoms. The first-order valence-corrected chi connectivity index (χ1v) is 4.09. The summed E-state index contributed by atoms with van der Waals surface area (Å²) in [6, 6.07) is 5.70. The molecule has 2 nitrogen and oxygen atoms in total. The maximum Gasteiger partial charge on any atom is 0.126 e. The quantitative estimate of drug-likeness (QED) is 0.721. The second-order valence-corrected chi connectivity index (χ2v) is 2.87. The third kappa shape index (κ3) is 2.50. The summed E-state index contributed by atoms with van der Waals surface area (Å²) in [7, 11) is 0. The van der Waals surface area contributed by atoms with Crippen LogP contribution in [0, 0.1) is 29.5 Å². The zero-order valence-corrected chi connectivity index (χ0v) is 7.71. The van der Waals surface area contributed by atoms with Crippen molar-refractivity contribution in [2.75, 3.05) is 5.32 Å². The van der Waals surface area contributed by atoms with E-state index in [9.17, 15) is 4.39 Å². The van der Waals surface area contributed by atoms with Crippen LogP contribution in [0.5, 0.6) is 0 Å². The Morgan fingerprint density at radius 1 is 1.50 bits per heavy atom. The van der Waals surface area contributed by atoms with Gasteiger partial charge in [0.25, 0.3) is 0 Å². The zero-order chi connectivity index (χ0) is 10.6. The van der Waals surface area contributed by atoms with E-state index >= 15 is 0 Å². The molecule has 70 valence electrons. The molecule has 0 saturated heterocycles. The highest BCUT2D eigenvalue weighted by molar-refractivity contribution is 5.51. The lowest BCUT2D eigenvalue weighted by Gasteiger charge is -2.09. The number of halogens is 1. The summed E-state index contributed by atoms with van der Waals surface area (Å²) in [6.07, 6.45) is 5.16. The maximum atomic E-state index is 12.9. The van der Waals surface area contributed by atoms with Crippen LogP contribution in [0.1, 0.15) is 12.5 Å². The highest BCUT2D eigenvalue weighted by Gasteiger charge is 2.02. The molecule has 1 aromatic carbocycles. The van der Waals surface area contributed by atoms with Crippen molar-refractivity contribution in [2.45, 2.75) is 13.0 Å². The Morgan fingerprint density at radius 3 is 2.79 bits per heavy atom. The molecule has 0 aliphatic carbocycles. The molecule has 0 aliphatic heterocycles. The highest BCUT2D eigenvalue weighted by atomic mass is 19.1. The second kappa shape index (κ2) is 4.30. The summed E-state index contributed by atoms with van der Waals surface area (Å²) < 4.78 is 12.9. The van der Waals surface area contributed by atoms with E-state index in [1.54, 1.807) is 13.0 Å². The van der Waals surface area contributed by atoms with Crippen molar-refractivity contribution >= 4 is 5.69 Å². The minimum Gasteiger partial charge on any atom is -0.372 e. The Morgan fingerprint density at radius 2 is 2.21 bits per heavy atom. The minimum absolute atomic E-state index is 0.191. The fourth-order valence-electron chi connectivity index (χ4n) is 1.03. The Bertz CT molecular complexity index is 412. The third-order valence-electron chi connectivity index (χ3n) is 1.66. The van der Waals surface area contributed by atoms with Crippen molar-refractivity contribution in [1.29, 1.82) is 5.26 Å². The average molecular weight is 188 g/mol. The lowest BCUT2D eigenvalue weighted by molar-refractivity contribution is 0.627. The molecule has 1 aromatic rings. The molecule has 1 N–H and O–H groups in total. The summed E-state index contributed by atoms with van der Waals surface area (Å²) >= 11 is 0. The van der Waals surface area contributed by atoms with Gasteiger partial charge in [0.1, 0.15) is 5.82 Å². The Kier molecular flexibility index (Phi) is 3.09. The van der Waals surface area contributed by atoms with E-state index < -0.39 is 5.82 Å². The van der Waals surface area contributed by atoms with Crippen molar-refractivity contribution in [3.63, 3.8) is 0 Å². The van der Waals surface area contributed by atoms with Gasteiger partial charge in [-0.25, -0.2) is 4.39 Å². The second-order valence-electron chi connectivity index (χ2n) is 2.87. The number of hydrogen-bond donors (Lipinski definition) is 1. The molecule has 0 aliphatic rings. The van der Waals surface area contributed by atoms with Crippen molar-refractivity contribution in [3.8, 4) is 18.4 Å². The summed E-state index contributed by atoms with van der Waals surface area (Å²) in [5.41, 5.74) is 0.795. The first-order chi connectivity index (χ1) is 6.65. The lowest BCUT2D eigenvalue weighted by Crippen LogP contribution is -2.12. The molecular weight excluding hydrogens is 179 g/mol. The molecule has 14 heavy (non-hydrogen) atoms. The van der Waals surface area contributed by atoms with E-state index in [2.05, 4.69) is 11.2 Å². The van der Waals surface area contributed by atoms with Gasteiger partial charge in [0.2, 0.25) is 0 Å². The van der Waals surface area contributed by atoms with Gasteiger partial charge in [-0.2, -0.15) is 5.26 Å². The number of nitrogens with one attached hydrogen (secondary N) is 1. The van der Waals surface area contributed by atoms with Crippen molar-refractivity contribution in [2.24, 2.45) is 0 Å². The number of anilines is 1. The smallest absolute Gasteiger partial charge is 0.126 e. The molecule has 0 aromatic heterocycles. The van der Waals surface area contributed by atoms with Crippen LogP contribution in [-0.2, 0) is 0 Å². The summed E-state index contributed by atoms with van der Waals surface area (Å²) in [5.74, 6) is 2.01. The first-order valence-electron chi connectivity index (χ1n) is 4.09. The van der Waals surface area contributed by atoms with Crippen molar-refractivity contribution < 1.29 is 4.39 Å². The highest BCUT2D eigenvalue weighted by Crippen LogP contribution is 2.14. The molecule has 0 heterocycles. The summed E-state index contributed by atoms with van der Waals surface area (Å²) in [5, 5.41) is 11.5. The fourth-order valence-corrected chi connectivity index (χ4v) is 1.03. The Balaban J connectivity index is 2.95. The predicted molar refractivity (Wildman–Crippen MR) is 53.0 cm³/mol. The number of benzene rings is 1. The van der Waals surface area contributed by atoms with Crippen LogP contribution in [0.3, 0.4) is 0 Å². The van der Waals surface area contributed by atoms with Crippen molar-refractivity contribution in [1.82, 2.24) is 0 Å². The molecular formula is C11H9FN2. The van der Waals surface area contributed by atoms with Gasteiger partial charge in [-0.3, -0.25) is 0 Å². The average Bonchev–Trinajstić information content (AvgIpc) is 2.16. The molecule has 1 unspecified atom stereocenters. The van der Waals surface area contributed by atoms with Gasteiger partial charge in [0, 0.05) is 5.69 Å². The van der Waals surface area contributed by atoms with Crippen LogP contribution in [0.4, 0.5) is 10.1 Å². The van der Waals surface area contributed by atoms with Gasteiger partial charge in [-0.05, 0) is 25.1 Å². The summed E-state index contributed by atoms with van der Waals surface area (Å²) in [6.45, 7) is 1.77. The largest absolute Gasteiger partial charge is 0.372 e. The van der Waals surface area contributed by atoms with Gasteiger partial charge >= 0.3 is 0 Å². The number of hydrogen-bond acceptors (Lipinski definition) is 2. The van der Waals surface area contributed by atoms with Gasteiger partial charge in [0.05, 0.1) is 17.7 Å². The summed E-state index contributed by atoms with van der Waals surface area (Å²) in [4.78, 5) is 0. The van der Waals surface area contributed by atoms with E-state index in [1.807, 2.05) is 6.07 Å².